The summed E-state index contributed by atoms with van der Waals surface area (Å²) in [4.78, 5) is 0. The first-order valence-corrected chi connectivity index (χ1v) is 7.08. The van der Waals surface area contributed by atoms with Crippen LogP contribution in [0.2, 0.25) is 0 Å². The van der Waals surface area contributed by atoms with E-state index < -0.39 is 0 Å². The van der Waals surface area contributed by atoms with Crippen molar-refractivity contribution in [2.24, 2.45) is 0 Å². The van der Waals surface area contributed by atoms with Crippen molar-refractivity contribution in [1.29, 1.82) is 0 Å². The molecule has 0 aliphatic heterocycles. The first kappa shape index (κ1) is 16.3. The van der Waals surface area contributed by atoms with Crippen molar-refractivity contribution in [2.75, 3.05) is 20.3 Å². The van der Waals surface area contributed by atoms with Gasteiger partial charge in [-0.05, 0) is 54.4 Å². The Kier molecular flexibility index (Phi) is 6.10. The molecule has 2 N–H and O–H groups in total. The summed E-state index contributed by atoms with van der Waals surface area (Å²) in [6.45, 7) is 7.16. The summed E-state index contributed by atoms with van der Waals surface area (Å²) in [6.07, 6.45) is 0. The molecule has 0 bridgehead atoms. The van der Waals surface area contributed by atoms with Crippen LogP contribution in [0, 0.1) is 0 Å². The summed E-state index contributed by atoms with van der Waals surface area (Å²) in [5, 5.41) is 12.5. The van der Waals surface area contributed by atoms with E-state index >= 15 is 0 Å². The topological polar surface area (TPSA) is 50.7 Å². The van der Waals surface area contributed by atoms with Crippen molar-refractivity contribution in [3.63, 3.8) is 0 Å². The third-order valence-corrected chi connectivity index (χ3v) is 3.33. The first-order valence-electron chi connectivity index (χ1n) is 6.28. The minimum absolute atomic E-state index is 0.0856. The highest BCUT2D eigenvalue weighted by molar-refractivity contribution is 9.10. The Hall–Kier alpha value is -0.780. The molecule has 0 aliphatic carbocycles. The summed E-state index contributed by atoms with van der Waals surface area (Å²) >= 11 is 3.50. The van der Waals surface area contributed by atoms with Crippen molar-refractivity contribution < 1.29 is 14.6 Å². The standard InChI is InChI=1S/C14H22BrNO3/c1-5-19-13-11(15)6-10(7-12(13)18-4)8-16-14(2,3)9-17/h6-7,16-17H,5,8-9H2,1-4H3. The van der Waals surface area contributed by atoms with Crippen LogP contribution in [0.4, 0.5) is 0 Å². The van der Waals surface area contributed by atoms with Gasteiger partial charge in [0.2, 0.25) is 0 Å². The molecule has 0 fully saturated rings. The Labute approximate surface area is 123 Å². The molecule has 4 nitrogen and oxygen atoms in total. The number of nitrogens with one attached hydrogen (secondary N) is 1. The Balaban J connectivity index is 2.89. The number of aliphatic hydroxyl groups is 1. The molecule has 1 aromatic carbocycles. The van der Waals surface area contributed by atoms with E-state index in [1.807, 2.05) is 32.9 Å². The highest BCUT2D eigenvalue weighted by atomic mass is 79.9. The molecule has 1 rings (SSSR count). The fraction of sp³-hybridized carbons (Fsp3) is 0.571. The molecule has 0 aliphatic rings. The molecule has 5 heteroatoms. The van der Waals surface area contributed by atoms with Crippen LogP contribution in [0.25, 0.3) is 0 Å². The zero-order valence-electron chi connectivity index (χ0n) is 11.9. The molecule has 108 valence electrons. The quantitative estimate of drug-likeness (QED) is 0.806. The maximum atomic E-state index is 9.23. The molecule has 0 spiro atoms. The van der Waals surface area contributed by atoms with Gasteiger partial charge < -0.3 is 19.9 Å². The first-order chi connectivity index (χ1) is 8.93. The third kappa shape index (κ3) is 4.67. The molecule has 0 saturated carbocycles. The zero-order valence-corrected chi connectivity index (χ0v) is 13.5. The summed E-state index contributed by atoms with van der Waals surface area (Å²) in [6, 6.07) is 3.93. The Morgan fingerprint density at radius 1 is 1.37 bits per heavy atom. The van der Waals surface area contributed by atoms with Crippen LogP contribution in [0.15, 0.2) is 16.6 Å². The van der Waals surface area contributed by atoms with Gasteiger partial charge in [0.25, 0.3) is 0 Å². The molecule has 0 aromatic heterocycles. The van der Waals surface area contributed by atoms with E-state index in [4.69, 9.17) is 9.47 Å². The van der Waals surface area contributed by atoms with Gasteiger partial charge in [0.1, 0.15) is 0 Å². The van der Waals surface area contributed by atoms with Gasteiger partial charge in [-0.1, -0.05) is 0 Å². The smallest absolute Gasteiger partial charge is 0.175 e. The minimum atomic E-state index is -0.307. The number of hydrogen-bond acceptors (Lipinski definition) is 4. The fourth-order valence-electron chi connectivity index (χ4n) is 1.56. The number of aliphatic hydroxyl groups excluding tert-OH is 1. The summed E-state index contributed by atoms with van der Waals surface area (Å²) in [5.41, 5.74) is 0.756. The molecule has 0 atom stereocenters. The Bertz CT molecular complexity index is 421. The molecular weight excluding hydrogens is 310 g/mol. The number of hydrogen-bond donors (Lipinski definition) is 2. The second kappa shape index (κ2) is 7.12. The lowest BCUT2D eigenvalue weighted by Gasteiger charge is -2.24. The predicted octanol–water partition coefficient (Wildman–Crippen LogP) is 2.72. The largest absolute Gasteiger partial charge is 0.493 e. The minimum Gasteiger partial charge on any atom is -0.493 e. The van der Waals surface area contributed by atoms with Crippen LogP contribution in [-0.4, -0.2) is 31.0 Å². The maximum absolute atomic E-state index is 9.23. The van der Waals surface area contributed by atoms with E-state index in [2.05, 4.69) is 21.2 Å². The summed E-state index contributed by atoms with van der Waals surface area (Å²) in [7, 11) is 1.62. The average molecular weight is 332 g/mol. The van der Waals surface area contributed by atoms with Crippen LogP contribution in [0.1, 0.15) is 26.3 Å². The lowest BCUT2D eigenvalue weighted by molar-refractivity contribution is 0.187. The number of ether oxygens (including phenoxy) is 2. The van der Waals surface area contributed by atoms with Gasteiger partial charge in [-0.3, -0.25) is 0 Å². The van der Waals surface area contributed by atoms with E-state index in [9.17, 15) is 5.11 Å². The normalized spacial score (nSPS) is 11.5. The van der Waals surface area contributed by atoms with Gasteiger partial charge in [-0.25, -0.2) is 0 Å². The van der Waals surface area contributed by atoms with Crippen molar-refractivity contribution in [3.05, 3.63) is 22.2 Å². The van der Waals surface area contributed by atoms with E-state index in [1.165, 1.54) is 0 Å². The molecular formula is C14H22BrNO3. The molecule has 19 heavy (non-hydrogen) atoms. The van der Waals surface area contributed by atoms with Crippen LogP contribution >= 0.6 is 15.9 Å². The van der Waals surface area contributed by atoms with Gasteiger partial charge >= 0.3 is 0 Å². The zero-order chi connectivity index (χ0) is 14.5. The van der Waals surface area contributed by atoms with Gasteiger partial charge in [-0.15, -0.1) is 0 Å². The SMILES string of the molecule is CCOc1c(Br)cc(CNC(C)(C)CO)cc1OC. The number of methoxy groups -OCH3 is 1. The molecule has 0 amide bonds. The summed E-state index contributed by atoms with van der Waals surface area (Å²) in [5.74, 6) is 1.42. The van der Waals surface area contributed by atoms with Gasteiger partial charge in [0.05, 0.1) is 24.8 Å². The summed E-state index contributed by atoms with van der Waals surface area (Å²) < 4.78 is 11.8. The highest BCUT2D eigenvalue weighted by Gasteiger charge is 2.16. The van der Waals surface area contributed by atoms with Crippen LogP contribution in [0.3, 0.4) is 0 Å². The van der Waals surface area contributed by atoms with Crippen molar-refractivity contribution >= 4 is 15.9 Å². The van der Waals surface area contributed by atoms with Crippen LogP contribution in [0.5, 0.6) is 11.5 Å². The van der Waals surface area contributed by atoms with Crippen molar-refractivity contribution in [3.8, 4) is 11.5 Å². The lowest BCUT2D eigenvalue weighted by atomic mass is 10.1. The Morgan fingerprint density at radius 2 is 2.05 bits per heavy atom. The second-order valence-electron chi connectivity index (χ2n) is 4.94. The van der Waals surface area contributed by atoms with Crippen molar-refractivity contribution in [1.82, 2.24) is 5.32 Å². The number of rotatable bonds is 7. The monoisotopic (exact) mass is 331 g/mol. The lowest BCUT2D eigenvalue weighted by Crippen LogP contribution is -2.42. The van der Waals surface area contributed by atoms with E-state index in [-0.39, 0.29) is 12.1 Å². The van der Waals surface area contributed by atoms with E-state index in [1.54, 1.807) is 7.11 Å². The van der Waals surface area contributed by atoms with Crippen LogP contribution < -0.4 is 14.8 Å². The van der Waals surface area contributed by atoms with Gasteiger partial charge in [-0.2, -0.15) is 0 Å². The fourth-order valence-corrected chi connectivity index (χ4v) is 2.16. The average Bonchev–Trinajstić information content (AvgIpc) is 2.39. The molecule has 0 radical (unpaired) electrons. The third-order valence-electron chi connectivity index (χ3n) is 2.74. The van der Waals surface area contributed by atoms with Crippen LogP contribution in [-0.2, 0) is 6.54 Å². The number of halogens is 1. The van der Waals surface area contributed by atoms with Gasteiger partial charge in [0.15, 0.2) is 11.5 Å². The predicted molar refractivity (Wildman–Crippen MR) is 79.9 cm³/mol. The second-order valence-corrected chi connectivity index (χ2v) is 5.79. The Morgan fingerprint density at radius 3 is 2.58 bits per heavy atom. The van der Waals surface area contributed by atoms with Crippen molar-refractivity contribution in [2.45, 2.75) is 32.9 Å². The number of benzene rings is 1. The van der Waals surface area contributed by atoms with Gasteiger partial charge in [0, 0.05) is 12.1 Å². The highest BCUT2D eigenvalue weighted by Crippen LogP contribution is 2.36. The van der Waals surface area contributed by atoms with E-state index in [0.717, 1.165) is 15.8 Å². The molecule has 1 aromatic rings. The molecule has 0 heterocycles. The maximum Gasteiger partial charge on any atom is 0.175 e. The van der Waals surface area contributed by atoms with E-state index in [0.29, 0.717) is 18.9 Å². The molecule has 0 unspecified atom stereocenters. The molecule has 0 saturated heterocycles.